The molecule has 1 atom stereocenters. The zero-order valence-corrected chi connectivity index (χ0v) is 29.7. The number of pyridine rings is 1. The fraction of sp³-hybridized carbons (Fsp3) is 0.156. The van der Waals surface area contributed by atoms with E-state index in [9.17, 15) is 0 Å². The van der Waals surface area contributed by atoms with Crippen LogP contribution in [0.15, 0.2) is 151 Å². The lowest BCUT2D eigenvalue weighted by molar-refractivity contribution is 0.478. The van der Waals surface area contributed by atoms with Crippen LogP contribution < -0.4 is 0 Å². The van der Waals surface area contributed by atoms with E-state index < -0.39 is 0 Å². The monoisotopic (exact) mass is 690 g/mol. The van der Waals surface area contributed by atoms with Crippen molar-refractivity contribution in [2.75, 3.05) is 0 Å². The molecule has 0 N–H and O–H groups in total. The van der Waals surface area contributed by atoms with Crippen molar-refractivity contribution >= 4 is 6.21 Å². The summed E-state index contributed by atoms with van der Waals surface area (Å²) < 4.78 is 0. The minimum absolute atomic E-state index is 0.136. The highest BCUT2D eigenvalue weighted by Crippen LogP contribution is 2.40. The number of hydrogen-bond donors (Lipinski definition) is 0. The predicted octanol–water partition coefficient (Wildman–Crippen LogP) is 9.96. The molecule has 0 saturated heterocycles. The van der Waals surface area contributed by atoms with E-state index in [0.717, 1.165) is 41.5 Å². The molecule has 0 spiro atoms. The van der Waals surface area contributed by atoms with Gasteiger partial charge in [0.15, 0.2) is 34.9 Å². The molecule has 0 bridgehead atoms. The molecule has 1 aliphatic heterocycles. The highest BCUT2D eigenvalue weighted by Gasteiger charge is 2.31. The van der Waals surface area contributed by atoms with Crippen LogP contribution in [0.5, 0.6) is 0 Å². The van der Waals surface area contributed by atoms with Gasteiger partial charge in [-0.15, -0.1) is 0 Å². The van der Waals surface area contributed by atoms with Crippen LogP contribution in [0.4, 0.5) is 0 Å². The first-order chi connectivity index (χ1) is 26.1. The van der Waals surface area contributed by atoms with Gasteiger partial charge in [-0.2, -0.15) is 0 Å². The lowest BCUT2D eigenvalue weighted by Gasteiger charge is -2.33. The first kappa shape index (κ1) is 33.6. The standard InChI is InChI=1S/C45H38N8/c1-3-45(4-2,35-25-21-33(22-26-35)41-48-39(31-15-7-5-8-16-31)50-43(52-41)37-19-11-13-29-46-37)36-27-23-34(24-28-36)42-49-40(32-17-9-6-10-18-32)51-44(53-42)38-20-12-14-30-47-38/h5-19,21-30,38H,3-4,20H2,1-2H3. The minimum Gasteiger partial charge on any atom is -0.281 e. The van der Waals surface area contributed by atoms with Crippen LogP contribution in [0.2, 0.25) is 0 Å². The van der Waals surface area contributed by atoms with Crippen molar-refractivity contribution in [2.45, 2.75) is 44.6 Å². The zero-order chi connectivity index (χ0) is 36.0. The molecule has 1 aliphatic rings. The molecule has 4 aromatic carbocycles. The summed E-state index contributed by atoms with van der Waals surface area (Å²) in [5.41, 5.74) is 6.70. The Labute approximate surface area is 309 Å². The van der Waals surface area contributed by atoms with Crippen LogP contribution in [0.25, 0.3) is 57.1 Å². The van der Waals surface area contributed by atoms with Crippen LogP contribution in [0.1, 0.15) is 56.1 Å². The topological polar surface area (TPSA) is 103 Å². The van der Waals surface area contributed by atoms with Crippen molar-refractivity contribution in [3.8, 4) is 57.1 Å². The summed E-state index contributed by atoms with van der Waals surface area (Å²) in [4.78, 5) is 38.5. The molecule has 0 amide bonds. The van der Waals surface area contributed by atoms with Crippen LogP contribution >= 0.6 is 0 Å². The Bertz CT molecular complexity index is 2310. The summed E-state index contributed by atoms with van der Waals surface area (Å²) in [6.45, 7) is 4.51. The molecule has 4 heterocycles. The molecule has 7 aromatic rings. The van der Waals surface area contributed by atoms with Gasteiger partial charge >= 0.3 is 0 Å². The zero-order valence-electron chi connectivity index (χ0n) is 29.7. The van der Waals surface area contributed by atoms with Gasteiger partial charge in [0, 0.05) is 40.1 Å². The largest absolute Gasteiger partial charge is 0.281 e. The Morgan fingerprint density at radius 1 is 0.509 bits per heavy atom. The molecule has 0 saturated carbocycles. The van der Waals surface area contributed by atoms with E-state index in [1.807, 2.05) is 91.2 Å². The summed E-state index contributed by atoms with van der Waals surface area (Å²) in [5, 5.41) is 0. The average molecular weight is 691 g/mol. The third kappa shape index (κ3) is 6.91. The molecule has 3 aromatic heterocycles. The van der Waals surface area contributed by atoms with Gasteiger partial charge in [-0.1, -0.05) is 135 Å². The van der Waals surface area contributed by atoms with Gasteiger partial charge < -0.3 is 0 Å². The Kier molecular flexibility index (Phi) is 9.49. The van der Waals surface area contributed by atoms with Crippen molar-refractivity contribution in [1.82, 2.24) is 34.9 Å². The number of rotatable bonds is 10. The smallest absolute Gasteiger partial charge is 0.182 e. The highest BCUT2D eigenvalue weighted by atomic mass is 15.1. The van der Waals surface area contributed by atoms with Gasteiger partial charge in [-0.05, 0) is 48.6 Å². The number of hydrogen-bond acceptors (Lipinski definition) is 8. The second kappa shape index (κ2) is 15.0. The molecule has 8 rings (SSSR count). The van der Waals surface area contributed by atoms with E-state index in [4.69, 9.17) is 29.9 Å². The van der Waals surface area contributed by atoms with Crippen LogP contribution in [0.3, 0.4) is 0 Å². The number of nitrogens with zero attached hydrogens (tertiary/aromatic N) is 8. The van der Waals surface area contributed by atoms with Crippen molar-refractivity contribution in [3.05, 3.63) is 163 Å². The maximum atomic E-state index is 4.94. The molecular weight excluding hydrogens is 653 g/mol. The van der Waals surface area contributed by atoms with Crippen LogP contribution in [0, 0.1) is 0 Å². The van der Waals surface area contributed by atoms with E-state index >= 15 is 0 Å². The van der Waals surface area contributed by atoms with Gasteiger partial charge in [-0.3, -0.25) is 9.98 Å². The Morgan fingerprint density at radius 3 is 1.43 bits per heavy atom. The van der Waals surface area contributed by atoms with Gasteiger partial charge in [0.1, 0.15) is 11.7 Å². The van der Waals surface area contributed by atoms with Crippen molar-refractivity contribution in [3.63, 3.8) is 0 Å². The van der Waals surface area contributed by atoms with E-state index in [2.05, 4.69) is 78.4 Å². The molecule has 258 valence electrons. The number of allylic oxidation sites excluding steroid dienone is 1. The minimum atomic E-state index is -0.201. The third-order valence-corrected chi connectivity index (χ3v) is 9.99. The molecule has 0 radical (unpaired) electrons. The number of aromatic nitrogens is 7. The Balaban J connectivity index is 1.13. The molecule has 1 unspecified atom stereocenters. The van der Waals surface area contributed by atoms with Crippen LogP contribution in [-0.2, 0) is 5.41 Å². The maximum absolute atomic E-state index is 4.94. The highest BCUT2D eigenvalue weighted by molar-refractivity contribution is 5.72. The van der Waals surface area contributed by atoms with Gasteiger partial charge in [0.05, 0.1) is 0 Å². The maximum Gasteiger partial charge on any atom is 0.182 e. The van der Waals surface area contributed by atoms with Crippen LogP contribution in [-0.4, -0.2) is 41.1 Å². The molecular formula is C45H38N8. The fourth-order valence-corrected chi connectivity index (χ4v) is 6.98. The summed E-state index contributed by atoms with van der Waals surface area (Å²) in [6.07, 6.45) is 10.3. The summed E-state index contributed by atoms with van der Waals surface area (Å²) in [6, 6.07) is 43.1. The lowest BCUT2D eigenvalue weighted by Crippen LogP contribution is -2.26. The second-order valence-electron chi connectivity index (χ2n) is 13.0. The number of aliphatic imine (C=N–C) groups is 1. The van der Waals surface area contributed by atoms with E-state index in [1.54, 1.807) is 6.20 Å². The number of benzene rings is 4. The first-order valence-corrected chi connectivity index (χ1v) is 18.1. The summed E-state index contributed by atoms with van der Waals surface area (Å²) in [5.74, 6) is 3.73. The van der Waals surface area contributed by atoms with Crippen molar-refractivity contribution in [2.24, 2.45) is 4.99 Å². The summed E-state index contributed by atoms with van der Waals surface area (Å²) >= 11 is 0. The lowest BCUT2D eigenvalue weighted by atomic mass is 9.70. The third-order valence-electron chi connectivity index (χ3n) is 9.99. The van der Waals surface area contributed by atoms with Crippen molar-refractivity contribution < 1.29 is 0 Å². The molecule has 8 nitrogen and oxygen atoms in total. The fourth-order valence-electron chi connectivity index (χ4n) is 6.98. The predicted molar refractivity (Wildman–Crippen MR) is 211 cm³/mol. The first-order valence-electron chi connectivity index (χ1n) is 18.1. The van der Waals surface area contributed by atoms with E-state index in [1.165, 1.54) is 11.1 Å². The van der Waals surface area contributed by atoms with Gasteiger partial charge in [-0.25, -0.2) is 29.9 Å². The van der Waals surface area contributed by atoms with Gasteiger partial charge in [0.2, 0.25) is 0 Å². The summed E-state index contributed by atoms with van der Waals surface area (Å²) in [7, 11) is 0. The van der Waals surface area contributed by atoms with E-state index in [0.29, 0.717) is 40.6 Å². The molecule has 0 aliphatic carbocycles. The quantitative estimate of drug-likeness (QED) is 0.141. The molecule has 8 heteroatoms. The second-order valence-corrected chi connectivity index (χ2v) is 13.0. The Hall–Kier alpha value is -6.54. The molecule has 53 heavy (non-hydrogen) atoms. The SMILES string of the molecule is CCC(CC)(c1ccc(-c2nc(-c3ccccc3)nc(-c3ccccn3)n2)cc1)c1ccc(-c2nc(-c3ccccc3)nc(C3CC=CC=N3)n2)cc1. The van der Waals surface area contributed by atoms with Gasteiger partial charge in [0.25, 0.3) is 0 Å². The normalized spacial score (nSPS) is 14.0. The molecule has 0 fully saturated rings. The Morgan fingerprint density at radius 2 is 0.981 bits per heavy atom. The van der Waals surface area contributed by atoms with E-state index in [-0.39, 0.29) is 11.5 Å². The average Bonchev–Trinajstić information content (AvgIpc) is 3.26. The van der Waals surface area contributed by atoms with Crippen molar-refractivity contribution in [1.29, 1.82) is 0 Å². The number of dihydropyridines is 1.